The molecule has 0 unspecified atom stereocenters. The third-order valence-electron chi connectivity index (χ3n) is 3.71. The van der Waals surface area contributed by atoms with Crippen molar-refractivity contribution < 1.29 is 0 Å². The Morgan fingerprint density at radius 3 is 2.54 bits per heavy atom. The highest BCUT2D eigenvalue weighted by molar-refractivity contribution is 7.11. The van der Waals surface area contributed by atoms with Gasteiger partial charge in [0.25, 0.3) is 0 Å². The van der Waals surface area contributed by atoms with E-state index in [4.69, 9.17) is 11.6 Å². The zero-order valence-electron chi connectivity index (χ0n) is 14.7. The average Bonchev–Trinajstić information content (AvgIpc) is 2.96. The predicted molar refractivity (Wildman–Crippen MR) is 104 cm³/mol. The first-order valence-electron chi connectivity index (χ1n) is 8.10. The maximum Gasteiger partial charge on any atom is 0.191 e. The van der Waals surface area contributed by atoms with E-state index in [0.717, 1.165) is 29.1 Å². The minimum atomic E-state index is -0.0292. The highest BCUT2D eigenvalue weighted by atomic mass is 35.5. The highest BCUT2D eigenvalue weighted by Crippen LogP contribution is 2.23. The number of nitrogens with one attached hydrogen (secondary N) is 2. The molecule has 0 spiro atoms. The first-order valence-corrected chi connectivity index (χ1v) is 9.29. The molecule has 2 aromatic rings. The van der Waals surface area contributed by atoms with Crippen LogP contribution in [0, 0.1) is 6.92 Å². The summed E-state index contributed by atoms with van der Waals surface area (Å²) in [6, 6.07) is 8.02. The van der Waals surface area contributed by atoms with Crippen molar-refractivity contribution in [2.45, 2.75) is 39.7 Å². The van der Waals surface area contributed by atoms with Crippen LogP contribution in [0.15, 0.2) is 35.5 Å². The van der Waals surface area contributed by atoms with Gasteiger partial charge in [0.15, 0.2) is 5.96 Å². The van der Waals surface area contributed by atoms with Crippen LogP contribution in [0.25, 0.3) is 0 Å². The molecule has 0 saturated heterocycles. The molecule has 1 aromatic heterocycles. The molecule has 24 heavy (non-hydrogen) atoms. The van der Waals surface area contributed by atoms with Gasteiger partial charge in [-0.15, -0.1) is 11.3 Å². The van der Waals surface area contributed by atoms with Crippen molar-refractivity contribution in [3.8, 4) is 0 Å². The van der Waals surface area contributed by atoms with E-state index in [0.29, 0.717) is 6.54 Å². The molecule has 0 radical (unpaired) electrons. The Bertz CT molecular complexity index is 677. The van der Waals surface area contributed by atoms with E-state index >= 15 is 0 Å². The smallest absolute Gasteiger partial charge is 0.191 e. The van der Waals surface area contributed by atoms with Gasteiger partial charge in [-0.25, -0.2) is 9.98 Å². The fraction of sp³-hybridized carbons (Fsp3) is 0.444. The number of guanidine groups is 1. The van der Waals surface area contributed by atoms with Crippen molar-refractivity contribution >= 4 is 28.9 Å². The van der Waals surface area contributed by atoms with E-state index in [1.165, 1.54) is 10.4 Å². The van der Waals surface area contributed by atoms with E-state index in [1.54, 1.807) is 11.3 Å². The zero-order valence-corrected chi connectivity index (χ0v) is 16.3. The average molecular weight is 365 g/mol. The molecule has 0 aliphatic carbocycles. The molecular formula is C18H25ClN4S. The van der Waals surface area contributed by atoms with Crippen LogP contribution in [-0.4, -0.2) is 24.0 Å². The quantitative estimate of drug-likeness (QED) is 0.598. The number of aromatic nitrogens is 1. The summed E-state index contributed by atoms with van der Waals surface area (Å²) in [6.07, 6.45) is 1.89. The van der Waals surface area contributed by atoms with Crippen molar-refractivity contribution in [2.75, 3.05) is 13.1 Å². The van der Waals surface area contributed by atoms with Crippen LogP contribution in [0.5, 0.6) is 0 Å². The Morgan fingerprint density at radius 2 is 1.96 bits per heavy atom. The molecule has 2 N–H and O–H groups in total. The monoisotopic (exact) mass is 364 g/mol. The van der Waals surface area contributed by atoms with E-state index in [-0.39, 0.29) is 5.41 Å². The van der Waals surface area contributed by atoms with Crippen LogP contribution in [-0.2, 0) is 12.0 Å². The number of rotatable bonds is 6. The molecular weight excluding hydrogens is 340 g/mol. The fourth-order valence-electron chi connectivity index (χ4n) is 2.27. The fourth-order valence-corrected chi connectivity index (χ4v) is 3.11. The minimum Gasteiger partial charge on any atom is -0.357 e. The summed E-state index contributed by atoms with van der Waals surface area (Å²) in [7, 11) is 0. The molecule has 2 rings (SSSR count). The molecule has 0 saturated carbocycles. The number of thiazole rings is 1. The number of aryl methyl sites for hydroxylation is 1. The number of hydrogen-bond donors (Lipinski definition) is 2. The van der Waals surface area contributed by atoms with Crippen LogP contribution >= 0.6 is 22.9 Å². The number of benzene rings is 1. The molecule has 1 heterocycles. The number of halogens is 1. The van der Waals surface area contributed by atoms with Crippen LogP contribution in [0.4, 0.5) is 0 Å². The Morgan fingerprint density at radius 1 is 1.25 bits per heavy atom. The molecule has 0 bridgehead atoms. The zero-order chi connectivity index (χ0) is 17.6. The van der Waals surface area contributed by atoms with Crippen molar-refractivity contribution in [2.24, 2.45) is 4.99 Å². The van der Waals surface area contributed by atoms with Gasteiger partial charge in [-0.2, -0.15) is 0 Å². The predicted octanol–water partition coefficient (Wildman–Crippen LogP) is 4.14. The number of hydrogen-bond acceptors (Lipinski definition) is 3. The van der Waals surface area contributed by atoms with E-state index in [9.17, 15) is 0 Å². The molecule has 0 fully saturated rings. The van der Waals surface area contributed by atoms with Crippen LogP contribution in [0.2, 0.25) is 5.02 Å². The normalized spacial score (nSPS) is 12.3. The summed E-state index contributed by atoms with van der Waals surface area (Å²) >= 11 is 7.67. The first kappa shape index (κ1) is 18.7. The van der Waals surface area contributed by atoms with Crippen molar-refractivity contribution in [3.63, 3.8) is 0 Å². The van der Waals surface area contributed by atoms with Crippen molar-refractivity contribution in [3.05, 3.63) is 50.9 Å². The molecule has 0 atom stereocenters. The Balaban J connectivity index is 2.00. The molecule has 0 aliphatic rings. The SMILES string of the molecule is CCNC(=NCc1ncc(C)s1)NCC(C)(C)c1ccc(Cl)cc1. The first-order chi connectivity index (χ1) is 11.4. The summed E-state index contributed by atoms with van der Waals surface area (Å²) in [6.45, 7) is 10.7. The summed E-state index contributed by atoms with van der Waals surface area (Å²) in [4.78, 5) is 10.2. The Hall–Kier alpha value is -1.59. The van der Waals surface area contributed by atoms with Gasteiger partial charge < -0.3 is 10.6 Å². The molecule has 6 heteroatoms. The summed E-state index contributed by atoms with van der Waals surface area (Å²) in [5.41, 5.74) is 1.21. The lowest BCUT2D eigenvalue weighted by Crippen LogP contribution is -2.43. The lowest BCUT2D eigenvalue weighted by Gasteiger charge is -2.27. The highest BCUT2D eigenvalue weighted by Gasteiger charge is 2.20. The van der Waals surface area contributed by atoms with E-state index in [2.05, 4.69) is 60.4 Å². The lowest BCUT2D eigenvalue weighted by atomic mass is 9.85. The van der Waals surface area contributed by atoms with Crippen LogP contribution in [0.1, 0.15) is 36.2 Å². The maximum atomic E-state index is 5.98. The Labute approximate surface area is 153 Å². The molecule has 0 aliphatic heterocycles. The number of nitrogens with zero attached hydrogens (tertiary/aromatic N) is 2. The number of aliphatic imine (C=N–C) groups is 1. The minimum absolute atomic E-state index is 0.0292. The van der Waals surface area contributed by atoms with Gasteiger partial charge in [-0.3, -0.25) is 0 Å². The summed E-state index contributed by atoms with van der Waals surface area (Å²) < 4.78 is 0. The summed E-state index contributed by atoms with van der Waals surface area (Å²) in [5.74, 6) is 0.812. The van der Waals surface area contributed by atoms with Crippen LogP contribution in [0.3, 0.4) is 0 Å². The van der Waals surface area contributed by atoms with Gasteiger partial charge >= 0.3 is 0 Å². The van der Waals surface area contributed by atoms with Gasteiger partial charge in [0.05, 0.1) is 6.54 Å². The third-order valence-corrected chi connectivity index (χ3v) is 4.86. The van der Waals surface area contributed by atoms with Crippen molar-refractivity contribution in [1.29, 1.82) is 0 Å². The van der Waals surface area contributed by atoms with Gasteiger partial charge in [-0.1, -0.05) is 37.6 Å². The third kappa shape index (κ3) is 5.49. The second kappa shape index (κ2) is 8.49. The molecule has 4 nitrogen and oxygen atoms in total. The second-order valence-electron chi connectivity index (χ2n) is 6.30. The Kier molecular flexibility index (Phi) is 6.63. The van der Waals surface area contributed by atoms with Crippen molar-refractivity contribution in [1.82, 2.24) is 15.6 Å². The van der Waals surface area contributed by atoms with Gasteiger partial charge in [-0.05, 0) is 31.5 Å². The van der Waals surface area contributed by atoms with Gasteiger partial charge in [0, 0.05) is 34.6 Å². The lowest BCUT2D eigenvalue weighted by molar-refractivity contribution is 0.508. The maximum absolute atomic E-state index is 5.98. The van der Waals surface area contributed by atoms with E-state index in [1.807, 2.05) is 18.3 Å². The van der Waals surface area contributed by atoms with Gasteiger partial charge in [0.1, 0.15) is 5.01 Å². The van der Waals surface area contributed by atoms with Gasteiger partial charge in [0.2, 0.25) is 0 Å². The van der Waals surface area contributed by atoms with E-state index < -0.39 is 0 Å². The largest absolute Gasteiger partial charge is 0.357 e. The topological polar surface area (TPSA) is 49.3 Å². The standard InChI is InChI=1S/C18H25ClN4S/c1-5-20-17(22-11-16-21-10-13(2)24-16)23-12-18(3,4)14-6-8-15(19)9-7-14/h6-10H,5,11-12H2,1-4H3,(H2,20,22,23). The summed E-state index contributed by atoms with van der Waals surface area (Å²) in [5, 5.41) is 8.51. The van der Waals surface area contributed by atoms with Crippen LogP contribution < -0.4 is 10.6 Å². The molecule has 130 valence electrons. The second-order valence-corrected chi connectivity index (χ2v) is 8.06. The molecule has 0 amide bonds. The molecule has 1 aromatic carbocycles.